The van der Waals surface area contributed by atoms with Gasteiger partial charge in [-0.2, -0.15) is 0 Å². The molecule has 0 saturated carbocycles. The molecule has 10 aromatic rings. The Morgan fingerprint density at radius 2 is 0.708 bits per heavy atom. The van der Waals surface area contributed by atoms with Crippen LogP contribution in [0.1, 0.15) is 0 Å². The maximum atomic E-state index is 6.58. The van der Waals surface area contributed by atoms with E-state index in [1.807, 2.05) is 133 Å². The highest BCUT2D eigenvalue weighted by molar-refractivity contribution is 6.70. The minimum Gasteiger partial charge on any atom is -0.456 e. The molecular formula is C51H23B10N3O. The maximum absolute atomic E-state index is 6.58. The van der Waals surface area contributed by atoms with Gasteiger partial charge in [-0.05, 0) is 80.9 Å². The molecule has 0 aliphatic rings. The molecule has 8 aromatic carbocycles. The van der Waals surface area contributed by atoms with Crippen molar-refractivity contribution in [2.45, 2.75) is 0 Å². The Morgan fingerprint density at radius 1 is 0.292 bits per heavy atom. The molecule has 0 amide bonds. The van der Waals surface area contributed by atoms with E-state index in [2.05, 4.69) is 6.07 Å². The SMILES string of the molecule is [B]c1c([B])c([B])c(-c2cc(-c3ccc(-c4ccc5oc6cccc(-c7nc(-c8ccccc8)nc(-c8ccccc8)n7)c6c5c4)cc3)cc(-c3c([B])c([B])c([B])c([B])c3[B])c2)c([B])c1[B]. The summed E-state index contributed by atoms with van der Waals surface area (Å²) in [5.41, 5.74) is 10.8. The van der Waals surface area contributed by atoms with Crippen molar-refractivity contribution in [2.24, 2.45) is 0 Å². The van der Waals surface area contributed by atoms with Gasteiger partial charge in [0, 0.05) is 27.5 Å². The number of nitrogens with zero attached hydrogens (tertiary/aromatic N) is 3. The Hall–Kier alpha value is -6.78. The molecule has 4 nitrogen and oxygen atoms in total. The predicted molar refractivity (Wildman–Crippen MR) is 279 cm³/mol. The lowest BCUT2D eigenvalue weighted by Gasteiger charge is -2.24. The second-order valence-electron chi connectivity index (χ2n) is 15.8. The lowest BCUT2D eigenvalue weighted by atomic mass is 9.59. The number of furan rings is 1. The van der Waals surface area contributed by atoms with Crippen LogP contribution in [0.15, 0.2) is 144 Å². The first kappa shape index (κ1) is 42.2. The fourth-order valence-electron chi connectivity index (χ4n) is 8.38. The van der Waals surface area contributed by atoms with Gasteiger partial charge in [-0.3, -0.25) is 0 Å². The Kier molecular flexibility index (Phi) is 10.8. The van der Waals surface area contributed by atoms with Gasteiger partial charge in [0.05, 0.1) is 0 Å². The van der Waals surface area contributed by atoms with Gasteiger partial charge >= 0.3 is 0 Å². The first-order valence-corrected chi connectivity index (χ1v) is 20.5. The fraction of sp³-hybridized carbons (Fsp3) is 0. The molecule has 0 bridgehead atoms. The highest BCUT2D eigenvalue weighted by Gasteiger charge is 2.20. The van der Waals surface area contributed by atoms with E-state index in [9.17, 15) is 0 Å². The van der Waals surface area contributed by atoms with Crippen molar-refractivity contribution in [3.8, 4) is 78.7 Å². The Labute approximate surface area is 390 Å². The lowest BCUT2D eigenvalue weighted by molar-refractivity contribution is 0.669. The average Bonchev–Trinajstić information content (AvgIpc) is 3.73. The molecule has 278 valence electrons. The third-order valence-corrected chi connectivity index (χ3v) is 11.9. The molecule has 0 aliphatic carbocycles. The van der Waals surface area contributed by atoms with Crippen molar-refractivity contribution < 1.29 is 4.42 Å². The van der Waals surface area contributed by atoms with E-state index in [0.29, 0.717) is 45.3 Å². The standard InChI is InChI=1S/C51H23B10N3O/c52-39-36(40(53)44(57)47(60)43(39)56)30-20-29(21-31(22-30)37-41(54)45(58)48(61)46(59)42(37)55)25-16-14-24(15-17-25)28-18-19-34-33(23-28)38-32(12-7-13-35(38)65-34)51-63-49(26-8-3-1-4-9-26)62-50(64-51)27-10-5-2-6-11-27/h1-23H. The summed E-state index contributed by atoms with van der Waals surface area (Å²) in [7, 11) is 64.0. The van der Waals surface area contributed by atoms with Crippen LogP contribution in [0.25, 0.3) is 101 Å². The third kappa shape index (κ3) is 7.34. The molecule has 0 N–H and O–H groups in total. The van der Waals surface area contributed by atoms with Gasteiger partial charge < -0.3 is 4.42 Å². The van der Waals surface area contributed by atoms with Gasteiger partial charge in [0.1, 0.15) is 89.6 Å². The summed E-state index contributed by atoms with van der Waals surface area (Å²) in [4.78, 5) is 14.9. The number of hydrogen-bond acceptors (Lipinski definition) is 4. The van der Waals surface area contributed by atoms with Crippen LogP contribution in [-0.4, -0.2) is 93.4 Å². The topological polar surface area (TPSA) is 51.8 Å². The van der Waals surface area contributed by atoms with Crippen molar-refractivity contribution in [1.82, 2.24) is 15.0 Å². The minimum absolute atomic E-state index is 0.0983. The molecule has 2 heterocycles. The van der Waals surface area contributed by atoms with E-state index in [1.54, 1.807) is 0 Å². The van der Waals surface area contributed by atoms with Gasteiger partial charge in [0.2, 0.25) is 0 Å². The smallest absolute Gasteiger partial charge is 0.164 e. The largest absolute Gasteiger partial charge is 0.456 e. The van der Waals surface area contributed by atoms with E-state index < -0.39 is 0 Å². The average molecular weight is 802 g/mol. The van der Waals surface area contributed by atoms with Crippen LogP contribution < -0.4 is 54.6 Å². The van der Waals surface area contributed by atoms with Crippen LogP contribution in [0.4, 0.5) is 0 Å². The van der Waals surface area contributed by atoms with Crippen LogP contribution in [-0.2, 0) is 0 Å². The first-order valence-electron chi connectivity index (χ1n) is 20.5. The molecule has 0 fully saturated rings. The van der Waals surface area contributed by atoms with Gasteiger partial charge in [0.25, 0.3) is 0 Å². The van der Waals surface area contributed by atoms with Gasteiger partial charge in [-0.15, -0.1) is 32.8 Å². The molecule has 20 radical (unpaired) electrons. The summed E-state index contributed by atoms with van der Waals surface area (Å²) in [6, 6.07) is 45.6. The zero-order chi connectivity index (χ0) is 45.3. The van der Waals surface area contributed by atoms with Crippen LogP contribution >= 0.6 is 0 Å². The fourth-order valence-corrected chi connectivity index (χ4v) is 8.38. The van der Waals surface area contributed by atoms with Crippen molar-refractivity contribution in [2.75, 3.05) is 0 Å². The summed E-state index contributed by atoms with van der Waals surface area (Å²) in [6.45, 7) is 0. The van der Waals surface area contributed by atoms with E-state index >= 15 is 0 Å². The molecule has 14 heteroatoms. The van der Waals surface area contributed by atoms with Crippen molar-refractivity contribution >= 4 is 155 Å². The summed E-state index contributed by atoms with van der Waals surface area (Å²) in [5.74, 6) is 1.67. The van der Waals surface area contributed by atoms with Gasteiger partial charge in [0.15, 0.2) is 17.5 Å². The molecule has 2 aromatic heterocycles. The molecular weight excluding hydrogens is 779 g/mol. The van der Waals surface area contributed by atoms with Crippen molar-refractivity contribution in [3.05, 3.63) is 140 Å². The van der Waals surface area contributed by atoms with Gasteiger partial charge in [-0.1, -0.05) is 125 Å². The summed E-state index contributed by atoms with van der Waals surface area (Å²) >= 11 is 0. The number of benzene rings is 8. The molecule has 10 rings (SSSR count). The van der Waals surface area contributed by atoms with Crippen molar-refractivity contribution in [1.29, 1.82) is 0 Å². The second-order valence-corrected chi connectivity index (χ2v) is 15.8. The molecule has 0 saturated heterocycles. The van der Waals surface area contributed by atoms with Crippen molar-refractivity contribution in [3.63, 3.8) is 0 Å². The maximum Gasteiger partial charge on any atom is 0.164 e. The minimum atomic E-state index is 0.0983. The van der Waals surface area contributed by atoms with E-state index in [1.165, 1.54) is 0 Å². The summed E-state index contributed by atoms with van der Waals surface area (Å²) in [5, 5.41) is 1.80. The zero-order valence-corrected chi connectivity index (χ0v) is 34.8. The monoisotopic (exact) mass is 803 g/mol. The highest BCUT2D eigenvalue weighted by atomic mass is 16.3. The van der Waals surface area contributed by atoms with E-state index in [0.717, 1.165) is 55.3 Å². The van der Waals surface area contributed by atoms with Crippen LogP contribution in [0.5, 0.6) is 0 Å². The molecule has 0 aliphatic heterocycles. The summed E-state index contributed by atoms with van der Waals surface area (Å²) < 4.78 is 6.43. The lowest BCUT2D eigenvalue weighted by Crippen LogP contribution is -2.55. The Morgan fingerprint density at radius 3 is 1.20 bits per heavy atom. The number of rotatable bonds is 7. The van der Waals surface area contributed by atoms with Crippen LogP contribution in [0, 0.1) is 0 Å². The Bertz CT molecular complexity index is 3340. The van der Waals surface area contributed by atoms with Gasteiger partial charge in [-0.25, -0.2) is 15.0 Å². The summed E-state index contributed by atoms with van der Waals surface area (Å²) in [6.07, 6.45) is 0. The molecule has 0 spiro atoms. The molecule has 65 heavy (non-hydrogen) atoms. The second kappa shape index (κ2) is 16.7. The number of hydrogen-bond donors (Lipinski definition) is 0. The molecule has 0 atom stereocenters. The first-order chi connectivity index (χ1) is 31.4. The predicted octanol–water partition coefficient (Wildman–Crippen LogP) is 1.38. The van der Waals surface area contributed by atoms with Crippen LogP contribution in [0.3, 0.4) is 0 Å². The van der Waals surface area contributed by atoms with E-state index in [4.69, 9.17) is 97.8 Å². The molecule has 0 unspecified atom stereocenters. The highest BCUT2D eigenvalue weighted by Crippen LogP contribution is 2.39. The number of fused-ring (bicyclic) bond motifs is 3. The number of aromatic nitrogens is 3. The van der Waals surface area contributed by atoms with Crippen LogP contribution in [0.2, 0.25) is 0 Å². The zero-order valence-electron chi connectivity index (χ0n) is 34.8. The van der Waals surface area contributed by atoms with E-state index in [-0.39, 0.29) is 54.6 Å². The normalized spacial score (nSPS) is 11.4. The third-order valence-electron chi connectivity index (χ3n) is 11.9. The Balaban J connectivity index is 1.10. The quantitative estimate of drug-likeness (QED) is 0.229.